The topological polar surface area (TPSA) is 88.5 Å². The predicted octanol–water partition coefficient (Wildman–Crippen LogP) is 2.06. The van der Waals surface area contributed by atoms with Gasteiger partial charge in [-0.25, -0.2) is 4.98 Å². The highest BCUT2D eigenvalue weighted by Gasteiger charge is 2.06. The van der Waals surface area contributed by atoms with Gasteiger partial charge in [0.25, 0.3) is 0 Å². The molecule has 1 aromatic rings. The van der Waals surface area contributed by atoms with Crippen molar-refractivity contribution in [2.45, 2.75) is 32.6 Å². The maximum absolute atomic E-state index is 11.4. The van der Waals surface area contributed by atoms with Crippen LogP contribution >= 0.6 is 0 Å². The molecule has 0 saturated heterocycles. The van der Waals surface area contributed by atoms with E-state index in [1.54, 1.807) is 12.1 Å². The summed E-state index contributed by atoms with van der Waals surface area (Å²) in [6.45, 7) is 2.69. The van der Waals surface area contributed by atoms with Crippen molar-refractivity contribution in [1.29, 1.82) is 0 Å². The van der Waals surface area contributed by atoms with Crippen molar-refractivity contribution in [1.82, 2.24) is 4.98 Å². The Balaban J connectivity index is 2.39. The van der Waals surface area contributed by atoms with Crippen molar-refractivity contribution in [3.05, 3.63) is 18.3 Å². The van der Waals surface area contributed by atoms with E-state index in [9.17, 15) is 9.59 Å². The highest BCUT2D eigenvalue weighted by atomic mass is 16.5. The van der Waals surface area contributed by atoms with Crippen LogP contribution in [0.15, 0.2) is 18.3 Å². The number of rotatable bonds is 8. The summed E-state index contributed by atoms with van der Waals surface area (Å²) in [6.07, 6.45) is 3.27. The summed E-state index contributed by atoms with van der Waals surface area (Å²) < 4.78 is 5.38. The molecule has 0 aliphatic carbocycles. The van der Waals surface area contributed by atoms with E-state index < -0.39 is 5.97 Å². The molecule has 0 radical (unpaired) electrons. The van der Waals surface area contributed by atoms with E-state index in [0.29, 0.717) is 18.2 Å². The van der Waals surface area contributed by atoms with Gasteiger partial charge in [-0.15, -0.1) is 0 Å². The normalized spacial score (nSPS) is 9.95. The van der Waals surface area contributed by atoms with Crippen molar-refractivity contribution < 1.29 is 19.4 Å². The number of ether oxygens (including phenoxy) is 1. The van der Waals surface area contributed by atoms with E-state index in [-0.39, 0.29) is 18.7 Å². The fourth-order valence-electron chi connectivity index (χ4n) is 1.30. The molecular formula is C13H18N2O4. The van der Waals surface area contributed by atoms with Gasteiger partial charge in [0.05, 0.1) is 24.9 Å². The van der Waals surface area contributed by atoms with Crippen LogP contribution in [0.3, 0.4) is 0 Å². The number of nitrogens with zero attached hydrogens (tertiary/aromatic N) is 1. The summed E-state index contributed by atoms with van der Waals surface area (Å²) >= 11 is 0. The van der Waals surface area contributed by atoms with Crippen LogP contribution in [0.25, 0.3) is 0 Å². The van der Waals surface area contributed by atoms with Gasteiger partial charge < -0.3 is 15.2 Å². The Hall–Kier alpha value is -2.11. The molecule has 1 heterocycles. The van der Waals surface area contributed by atoms with Gasteiger partial charge in [0.2, 0.25) is 11.8 Å². The first-order chi connectivity index (χ1) is 9.11. The van der Waals surface area contributed by atoms with E-state index in [1.807, 2.05) is 0 Å². The quantitative estimate of drug-likeness (QED) is 0.703. The van der Waals surface area contributed by atoms with Crippen LogP contribution < -0.4 is 10.1 Å². The van der Waals surface area contributed by atoms with E-state index in [4.69, 9.17) is 9.84 Å². The zero-order valence-corrected chi connectivity index (χ0v) is 10.9. The van der Waals surface area contributed by atoms with Crippen LogP contribution in [0.2, 0.25) is 0 Å². The molecule has 0 saturated carbocycles. The van der Waals surface area contributed by atoms with E-state index in [1.165, 1.54) is 6.20 Å². The second kappa shape index (κ2) is 8.07. The zero-order chi connectivity index (χ0) is 14.1. The fraction of sp³-hybridized carbons (Fsp3) is 0.462. The molecule has 104 valence electrons. The monoisotopic (exact) mass is 266 g/mol. The third-order valence-electron chi connectivity index (χ3n) is 2.33. The van der Waals surface area contributed by atoms with Crippen LogP contribution in [-0.4, -0.2) is 28.6 Å². The molecule has 0 atom stereocenters. The van der Waals surface area contributed by atoms with Gasteiger partial charge in [-0.3, -0.25) is 9.59 Å². The number of hydrogen-bond donors (Lipinski definition) is 2. The first kappa shape index (κ1) is 14.9. The van der Waals surface area contributed by atoms with Crippen molar-refractivity contribution in [3.8, 4) is 5.88 Å². The number of carbonyl (C=O) groups excluding carboxylic acids is 1. The maximum Gasteiger partial charge on any atom is 0.303 e. The molecule has 6 nitrogen and oxygen atoms in total. The number of pyridine rings is 1. The van der Waals surface area contributed by atoms with E-state index in [2.05, 4.69) is 17.2 Å². The van der Waals surface area contributed by atoms with Crippen molar-refractivity contribution in [2.75, 3.05) is 11.9 Å². The van der Waals surface area contributed by atoms with Crippen LogP contribution in [-0.2, 0) is 9.59 Å². The van der Waals surface area contributed by atoms with Crippen LogP contribution in [0, 0.1) is 0 Å². The van der Waals surface area contributed by atoms with Gasteiger partial charge in [0.15, 0.2) is 0 Å². The number of hydrogen-bond acceptors (Lipinski definition) is 4. The average molecular weight is 266 g/mol. The summed E-state index contributed by atoms with van der Waals surface area (Å²) in [6, 6.07) is 3.34. The van der Waals surface area contributed by atoms with E-state index in [0.717, 1.165) is 12.8 Å². The Morgan fingerprint density at radius 2 is 2.16 bits per heavy atom. The number of carboxylic acid groups (broad SMARTS) is 1. The molecule has 1 aromatic heterocycles. The Kier molecular flexibility index (Phi) is 6.35. The predicted molar refractivity (Wildman–Crippen MR) is 70.1 cm³/mol. The second-order valence-electron chi connectivity index (χ2n) is 4.03. The second-order valence-corrected chi connectivity index (χ2v) is 4.03. The van der Waals surface area contributed by atoms with Crippen LogP contribution in [0.1, 0.15) is 32.6 Å². The Morgan fingerprint density at radius 1 is 1.37 bits per heavy atom. The fourth-order valence-corrected chi connectivity index (χ4v) is 1.30. The lowest BCUT2D eigenvalue weighted by Crippen LogP contribution is -2.13. The Morgan fingerprint density at radius 3 is 2.74 bits per heavy atom. The van der Waals surface area contributed by atoms with Crippen molar-refractivity contribution in [2.24, 2.45) is 0 Å². The summed E-state index contributed by atoms with van der Waals surface area (Å²) in [7, 11) is 0. The first-order valence-corrected chi connectivity index (χ1v) is 6.22. The standard InChI is InChI=1S/C13H18N2O4/c1-2-3-8-19-12-6-4-10(9-14-12)15-11(16)5-7-13(17)18/h4,6,9H,2-3,5,7-8H2,1H3,(H,15,16)(H,17,18). The zero-order valence-electron chi connectivity index (χ0n) is 10.9. The number of aliphatic carboxylic acids is 1. The van der Waals surface area contributed by atoms with E-state index >= 15 is 0 Å². The molecule has 2 N–H and O–H groups in total. The van der Waals surface area contributed by atoms with Gasteiger partial charge in [0.1, 0.15) is 0 Å². The minimum Gasteiger partial charge on any atom is -0.481 e. The Labute approximate surface area is 111 Å². The van der Waals surface area contributed by atoms with Crippen LogP contribution in [0.5, 0.6) is 5.88 Å². The smallest absolute Gasteiger partial charge is 0.303 e. The number of amides is 1. The van der Waals surface area contributed by atoms with Gasteiger partial charge in [0, 0.05) is 12.5 Å². The summed E-state index contributed by atoms with van der Waals surface area (Å²) in [4.78, 5) is 25.7. The van der Waals surface area contributed by atoms with Gasteiger partial charge in [-0.2, -0.15) is 0 Å². The van der Waals surface area contributed by atoms with Gasteiger partial charge in [-0.1, -0.05) is 13.3 Å². The lowest BCUT2D eigenvalue weighted by atomic mass is 10.3. The van der Waals surface area contributed by atoms with Gasteiger partial charge in [-0.05, 0) is 12.5 Å². The summed E-state index contributed by atoms with van der Waals surface area (Å²) in [5.74, 6) is -0.825. The maximum atomic E-state index is 11.4. The van der Waals surface area contributed by atoms with Crippen molar-refractivity contribution >= 4 is 17.6 Å². The molecule has 0 aromatic carbocycles. The van der Waals surface area contributed by atoms with Crippen LogP contribution in [0.4, 0.5) is 5.69 Å². The first-order valence-electron chi connectivity index (χ1n) is 6.22. The number of anilines is 1. The average Bonchev–Trinajstić information content (AvgIpc) is 2.39. The third kappa shape index (κ3) is 6.40. The summed E-state index contributed by atoms with van der Waals surface area (Å²) in [5, 5.41) is 11.0. The highest BCUT2D eigenvalue weighted by molar-refractivity contribution is 5.92. The third-order valence-corrected chi connectivity index (χ3v) is 2.33. The minimum absolute atomic E-state index is 0.0515. The SMILES string of the molecule is CCCCOc1ccc(NC(=O)CCC(=O)O)cn1. The lowest BCUT2D eigenvalue weighted by molar-refractivity contribution is -0.138. The molecule has 6 heteroatoms. The summed E-state index contributed by atoms with van der Waals surface area (Å²) in [5.41, 5.74) is 0.526. The number of nitrogens with one attached hydrogen (secondary N) is 1. The van der Waals surface area contributed by atoms with Crippen molar-refractivity contribution in [3.63, 3.8) is 0 Å². The molecule has 0 spiro atoms. The minimum atomic E-state index is -0.993. The Bertz CT molecular complexity index is 417. The lowest BCUT2D eigenvalue weighted by Gasteiger charge is -2.06. The number of carboxylic acids is 1. The number of aromatic nitrogens is 1. The highest BCUT2D eigenvalue weighted by Crippen LogP contribution is 2.12. The molecule has 0 fully saturated rings. The molecule has 0 unspecified atom stereocenters. The van der Waals surface area contributed by atoms with Gasteiger partial charge >= 0.3 is 5.97 Å². The molecule has 1 amide bonds. The molecule has 19 heavy (non-hydrogen) atoms. The molecular weight excluding hydrogens is 248 g/mol. The molecule has 0 aliphatic heterocycles. The molecule has 1 rings (SSSR count). The molecule has 0 aliphatic rings. The largest absolute Gasteiger partial charge is 0.481 e. The number of unbranched alkanes of at least 4 members (excludes halogenated alkanes) is 1. The molecule has 0 bridgehead atoms. The number of carbonyl (C=O) groups is 2.